The number of alkyl halides is 1. The molecule has 0 N–H and O–H groups in total. The average Bonchev–Trinajstić information content (AvgIpc) is 3.05. The van der Waals surface area contributed by atoms with E-state index in [0.29, 0.717) is 0 Å². The summed E-state index contributed by atoms with van der Waals surface area (Å²) in [6.45, 7) is 0. The summed E-state index contributed by atoms with van der Waals surface area (Å²) in [6.07, 6.45) is 4.74. The summed E-state index contributed by atoms with van der Waals surface area (Å²) in [7, 11) is 0. The molecule has 26 heavy (non-hydrogen) atoms. The predicted octanol–water partition coefficient (Wildman–Crippen LogP) is 7.70. The normalized spacial score (nSPS) is 19.1. The van der Waals surface area contributed by atoms with Crippen molar-refractivity contribution in [2.75, 3.05) is 4.17 Å². The van der Waals surface area contributed by atoms with Crippen molar-refractivity contribution < 1.29 is 0 Å². The van der Waals surface area contributed by atoms with Crippen LogP contribution < -0.4 is 5.30 Å². The van der Waals surface area contributed by atoms with Gasteiger partial charge < -0.3 is 0 Å². The van der Waals surface area contributed by atoms with E-state index in [1.807, 2.05) is 0 Å². The van der Waals surface area contributed by atoms with Gasteiger partial charge in [-0.05, 0) is 0 Å². The van der Waals surface area contributed by atoms with Crippen molar-refractivity contribution >= 4 is 64.8 Å². The second-order valence-electron chi connectivity index (χ2n) is 6.47. The topological polar surface area (TPSA) is 0 Å². The molecule has 0 radical (unpaired) electrons. The van der Waals surface area contributed by atoms with Crippen LogP contribution in [0.4, 0.5) is 0 Å². The Labute approximate surface area is 182 Å². The fourth-order valence-electron chi connectivity index (χ4n) is 3.76. The summed E-state index contributed by atoms with van der Waals surface area (Å²) in [6, 6.07) is 32.9. The van der Waals surface area contributed by atoms with Crippen LogP contribution in [0.3, 0.4) is 0 Å². The number of rotatable bonds is 4. The van der Waals surface area contributed by atoms with Crippen LogP contribution >= 0.6 is 48.9 Å². The number of hydrogen-bond acceptors (Lipinski definition) is 0. The van der Waals surface area contributed by atoms with Gasteiger partial charge in [0.15, 0.2) is 0 Å². The predicted molar refractivity (Wildman–Crippen MR) is 135 cm³/mol. The standard InChI is InChI=1S/C23H19I2P/c24-18-26(25,21-14-8-3-9-15-21)22(19-10-4-1-5-11-19)16-17-23(26)20-12-6-2-7-13-20/h1-17H,18H2. The Morgan fingerprint density at radius 2 is 0.962 bits per heavy atom. The van der Waals surface area contributed by atoms with Crippen LogP contribution in [0.5, 0.6) is 0 Å². The second-order valence-corrected chi connectivity index (χ2v) is 19.0. The van der Waals surface area contributed by atoms with Crippen LogP contribution in [-0.4, -0.2) is 4.17 Å². The molecule has 130 valence electrons. The molecule has 1 heterocycles. The summed E-state index contributed by atoms with van der Waals surface area (Å²) in [4.78, 5) is 0. The Morgan fingerprint density at radius 1 is 0.577 bits per heavy atom. The molecule has 0 bridgehead atoms. The van der Waals surface area contributed by atoms with E-state index in [4.69, 9.17) is 0 Å². The van der Waals surface area contributed by atoms with Gasteiger partial charge in [-0.2, -0.15) is 0 Å². The second kappa shape index (κ2) is 7.21. The van der Waals surface area contributed by atoms with Crippen molar-refractivity contribution in [3.05, 3.63) is 114 Å². The van der Waals surface area contributed by atoms with Crippen LogP contribution in [0.15, 0.2) is 103 Å². The third kappa shape index (κ3) is 2.73. The molecule has 3 heteroatoms. The number of hydrogen-bond donors (Lipinski definition) is 0. The monoisotopic (exact) mass is 580 g/mol. The van der Waals surface area contributed by atoms with E-state index < -0.39 is 4.25 Å². The molecule has 0 nitrogen and oxygen atoms in total. The molecule has 0 unspecified atom stereocenters. The van der Waals surface area contributed by atoms with E-state index >= 15 is 0 Å². The zero-order valence-corrected chi connectivity index (χ0v) is 19.4. The Morgan fingerprint density at radius 3 is 1.35 bits per heavy atom. The quantitative estimate of drug-likeness (QED) is 0.169. The minimum atomic E-state index is -2.55. The zero-order chi connectivity index (χ0) is 18.1. The van der Waals surface area contributed by atoms with Gasteiger partial charge in [-0.1, -0.05) is 0 Å². The molecule has 3 aromatic carbocycles. The van der Waals surface area contributed by atoms with Gasteiger partial charge in [0.2, 0.25) is 0 Å². The molecule has 1 aliphatic heterocycles. The third-order valence-corrected chi connectivity index (χ3v) is 23.5. The molecule has 0 spiro atoms. The first-order valence-electron chi connectivity index (χ1n) is 8.57. The van der Waals surface area contributed by atoms with Gasteiger partial charge in [-0.3, -0.25) is 0 Å². The van der Waals surface area contributed by atoms with Gasteiger partial charge in [0, 0.05) is 0 Å². The summed E-state index contributed by atoms with van der Waals surface area (Å²) < 4.78 is -1.47. The Balaban J connectivity index is 2.02. The first-order chi connectivity index (χ1) is 12.7. The Kier molecular flexibility index (Phi) is 5.10. The zero-order valence-electron chi connectivity index (χ0n) is 14.2. The summed E-state index contributed by atoms with van der Waals surface area (Å²) >= 11 is 5.46. The van der Waals surface area contributed by atoms with Gasteiger partial charge in [0.25, 0.3) is 0 Å². The molecule has 0 saturated heterocycles. The van der Waals surface area contributed by atoms with Crippen LogP contribution in [0.1, 0.15) is 11.1 Å². The Bertz CT molecular complexity index is 921. The van der Waals surface area contributed by atoms with Gasteiger partial charge in [0.1, 0.15) is 0 Å². The number of allylic oxidation sites excluding steroid dienone is 2. The molecule has 0 aromatic heterocycles. The minimum absolute atomic E-state index is 1.08. The average molecular weight is 580 g/mol. The van der Waals surface area contributed by atoms with Crippen molar-refractivity contribution in [1.82, 2.24) is 0 Å². The van der Waals surface area contributed by atoms with Crippen molar-refractivity contribution in [3.8, 4) is 0 Å². The van der Waals surface area contributed by atoms with E-state index in [-0.39, 0.29) is 0 Å². The molecule has 1 aliphatic rings. The van der Waals surface area contributed by atoms with E-state index in [1.165, 1.54) is 27.1 Å². The number of halogens is 2. The van der Waals surface area contributed by atoms with E-state index in [1.54, 1.807) is 0 Å². The van der Waals surface area contributed by atoms with E-state index in [0.717, 1.165) is 4.17 Å². The first-order valence-corrected chi connectivity index (χ1v) is 15.3. The SMILES string of the molecule is ICP1(I)(c2ccccc2)C(c2ccccc2)=CC=C1c1ccccc1. The molecule has 4 rings (SSSR count). The van der Waals surface area contributed by atoms with Crippen LogP contribution in [0.2, 0.25) is 0 Å². The van der Waals surface area contributed by atoms with Gasteiger partial charge >= 0.3 is 183 Å². The molecule has 0 saturated carbocycles. The molecular formula is C23H19I2P. The van der Waals surface area contributed by atoms with Crippen molar-refractivity contribution in [2.24, 2.45) is 0 Å². The number of benzene rings is 3. The molecule has 0 amide bonds. The third-order valence-electron chi connectivity index (χ3n) is 5.06. The maximum atomic E-state index is 2.85. The van der Waals surface area contributed by atoms with E-state index in [2.05, 4.69) is 148 Å². The molecule has 0 fully saturated rings. The van der Waals surface area contributed by atoms with Crippen molar-refractivity contribution in [1.29, 1.82) is 0 Å². The van der Waals surface area contributed by atoms with E-state index in [9.17, 15) is 0 Å². The molecular weight excluding hydrogens is 561 g/mol. The summed E-state index contributed by atoms with van der Waals surface area (Å²) in [5, 5.41) is 4.42. The van der Waals surface area contributed by atoms with Crippen LogP contribution in [0.25, 0.3) is 10.6 Å². The van der Waals surface area contributed by atoms with Crippen LogP contribution in [-0.2, 0) is 0 Å². The van der Waals surface area contributed by atoms with Crippen molar-refractivity contribution in [3.63, 3.8) is 0 Å². The van der Waals surface area contributed by atoms with Crippen LogP contribution in [0, 0.1) is 0 Å². The molecule has 0 atom stereocenters. The molecule has 0 aliphatic carbocycles. The maximum absolute atomic E-state index is 2.85. The summed E-state index contributed by atoms with van der Waals surface area (Å²) in [5.41, 5.74) is 2.67. The first kappa shape index (κ1) is 18.4. The fourth-order valence-corrected chi connectivity index (χ4v) is 14.9. The van der Waals surface area contributed by atoms with Gasteiger partial charge in [-0.25, -0.2) is 0 Å². The van der Waals surface area contributed by atoms with Gasteiger partial charge in [-0.15, -0.1) is 0 Å². The summed E-state index contributed by atoms with van der Waals surface area (Å²) in [5.74, 6) is 0. The Hall–Kier alpha value is -0.970. The fraction of sp³-hybridized carbons (Fsp3) is 0.0435. The molecule has 3 aromatic rings. The van der Waals surface area contributed by atoms with Crippen molar-refractivity contribution in [2.45, 2.75) is 0 Å². The van der Waals surface area contributed by atoms with Gasteiger partial charge in [0.05, 0.1) is 0 Å².